The molecule has 0 spiro atoms. The Hall–Kier alpha value is -1.14. The second-order valence-electron chi connectivity index (χ2n) is 5.46. The second kappa shape index (κ2) is 7.04. The number of ether oxygens (including phenoxy) is 1. The van der Waals surface area contributed by atoms with Crippen LogP contribution in [0.4, 0.5) is 9.93 Å². The summed E-state index contributed by atoms with van der Waals surface area (Å²) in [6.45, 7) is 7.81. The molecule has 6 heteroatoms. The number of aryl methyl sites for hydroxylation is 1. The lowest BCUT2D eigenvalue weighted by Gasteiger charge is -2.22. The highest BCUT2D eigenvalue weighted by Crippen LogP contribution is 2.26. The summed E-state index contributed by atoms with van der Waals surface area (Å²) in [7, 11) is 0. The van der Waals surface area contributed by atoms with Gasteiger partial charge in [0.2, 0.25) is 0 Å². The third-order valence-electron chi connectivity index (χ3n) is 3.58. The zero-order valence-electron chi connectivity index (χ0n) is 12.3. The van der Waals surface area contributed by atoms with Gasteiger partial charge in [-0.1, -0.05) is 20.8 Å². The topological polar surface area (TPSA) is 63.2 Å². The number of aromatic nitrogens is 1. The van der Waals surface area contributed by atoms with Crippen molar-refractivity contribution in [1.82, 2.24) is 10.3 Å². The molecular formula is C14H23N3O2S. The highest BCUT2D eigenvalue weighted by atomic mass is 32.1. The van der Waals surface area contributed by atoms with Gasteiger partial charge < -0.3 is 10.1 Å². The molecule has 2 rings (SSSR count). The van der Waals surface area contributed by atoms with Crippen molar-refractivity contribution < 1.29 is 9.53 Å². The Morgan fingerprint density at radius 2 is 2.40 bits per heavy atom. The molecular weight excluding hydrogens is 274 g/mol. The van der Waals surface area contributed by atoms with Gasteiger partial charge in [0, 0.05) is 24.4 Å². The minimum absolute atomic E-state index is 0.184. The van der Waals surface area contributed by atoms with E-state index < -0.39 is 0 Å². The van der Waals surface area contributed by atoms with Crippen LogP contribution < -0.4 is 10.6 Å². The zero-order valence-corrected chi connectivity index (χ0v) is 13.1. The molecule has 1 saturated heterocycles. The summed E-state index contributed by atoms with van der Waals surface area (Å²) in [5.74, 6) is 0.890. The lowest BCUT2D eigenvalue weighted by molar-refractivity contribution is 0.0546. The average Bonchev–Trinajstić information content (AvgIpc) is 3.04. The first-order chi connectivity index (χ1) is 9.60. The van der Waals surface area contributed by atoms with Gasteiger partial charge in [0.25, 0.3) is 0 Å². The van der Waals surface area contributed by atoms with Crippen LogP contribution in [0.2, 0.25) is 0 Å². The molecule has 20 heavy (non-hydrogen) atoms. The van der Waals surface area contributed by atoms with Crippen molar-refractivity contribution >= 4 is 22.5 Å². The van der Waals surface area contributed by atoms with E-state index in [4.69, 9.17) is 4.74 Å². The third-order valence-corrected chi connectivity index (χ3v) is 4.39. The van der Waals surface area contributed by atoms with Crippen molar-refractivity contribution in [3.63, 3.8) is 0 Å². The molecule has 2 heterocycles. The Labute approximate surface area is 124 Å². The van der Waals surface area contributed by atoms with Gasteiger partial charge in [-0.3, -0.25) is 5.32 Å². The van der Waals surface area contributed by atoms with Crippen LogP contribution in [0.3, 0.4) is 0 Å². The van der Waals surface area contributed by atoms with Crippen LogP contribution >= 0.6 is 11.3 Å². The second-order valence-corrected chi connectivity index (χ2v) is 6.32. The highest BCUT2D eigenvalue weighted by Gasteiger charge is 2.30. The van der Waals surface area contributed by atoms with Gasteiger partial charge in [-0.05, 0) is 18.8 Å². The standard InChI is InChI=1S/C14H23N3O2S/c1-4-11-8-20-14(16-11)17-13(18)15-7-10-5-6-19-12(10)9(2)3/h8-10,12H,4-7H2,1-3H3,(H2,15,16,17,18)/t10-,12-/m0/s1. The van der Waals surface area contributed by atoms with Crippen LogP contribution in [-0.4, -0.2) is 30.3 Å². The minimum Gasteiger partial charge on any atom is -0.378 e. The number of carbonyl (C=O) groups excluding carboxylic acids is 1. The predicted molar refractivity (Wildman–Crippen MR) is 81.2 cm³/mol. The van der Waals surface area contributed by atoms with Crippen LogP contribution in [0.25, 0.3) is 0 Å². The van der Waals surface area contributed by atoms with Crippen LogP contribution in [0, 0.1) is 11.8 Å². The summed E-state index contributed by atoms with van der Waals surface area (Å²) >= 11 is 1.46. The number of anilines is 1. The molecule has 0 radical (unpaired) electrons. The van der Waals surface area contributed by atoms with E-state index >= 15 is 0 Å². The fourth-order valence-electron chi connectivity index (χ4n) is 2.50. The largest absolute Gasteiger partial charge is 0.378 e. The number of hydrogen-bond donors (Lipinski definition) is 2. The van der Waals surface area contributed by atoms with Gasteiger partial charge in [0.15, 0.2) is 5.13 Å². The molecule has 1 aromatic heterocycles. The molecule has 0 bridgehead atoms. The van der Waals surface area contributed by atoms with Crippen molar-refractivity contribution in [3.05, 3.63) is 11.1 Å². The summed E-state index contributed by atoms with van der Waals surface area (Å²) in [6, 6.07) is -0.184. The quantitative estimate of drug-likeness (QED) is 0.878. The fraction of sp³-hybridized carbons (Fsp3) is 0.714. The summed E-state index contributed by atoms with van der Waals surface area (Å²) in [4.78, 5) is 16.2. The van der Waals surface area contributed by atoms with E-state index in [0.717, 1.165) is 25.1 Å². The Balaban J connectivity index is 1.77. The number of carbonyl (C=O) groups is 1. The van der Waals surface area contributed by atoms with E-state index in [0.29, 0.717) is 23.5 Å². The van der Waals surface area contributed by atoms with Gasteiger partial charge in [0.1, 0.15) is 0 Å². The summed E-state index contributed by atoms with van der Waals surface area (Å²) < 4.78 is 5.71. The van der Waals surface area contributed by atoms with E-state index in [-0.39, 0.29) is 12.1 Å². The van der Waals surface area contributed by atoms with Crippen molar-refractivity contribution in [2.45, 2.75) is 39.7 Å². The predicted octanol–water partition coefficient (Wildman–Crippen LogP) is 2.89. The van der Waals surface area contributed by atoms with E-state index in [1.807, 2.05) is 12.3 Å². The first-order valence-corrected chi connectivity index (χ1v) is 8.09. The van der Waals surface area contributed by atoms with Crippen molar-refractivity contribution in [1.29, 1.82) is 0 Å². The van der Waals surface area contributed by atoms with Crippen molar-refractivity contribution in [2.75, 3.05) is 18.5 Å². The summed E-state index contributed by atoms with van der Waals surface area (Å²) in [5.41, 5.74) is 1.01. The van der Waals surface area contributed by atoms with Gasteiger partial charge in [-0.2, -0.15) is 0 Å². The molecule has 5 nitrogen and oxygen atoms in total. The molecule has 1 aliphatic rings. The number of nitrogens with zero attached hydrogens (tertiary/aromatic N) is 1. The number of amides is 2. The zero-order chi connectivity index (χ0) is 14.5. The normalized spacial score (nSPS) is 22.2. The molecule has 0 saturated carbocycles. The fourth-order valence-corrected chi connectivity index (χ4v) is 3.29. The molecule has 1 aromatic rings. The first kappa shape index (κ1) is 15.3. The number of thiazole rings is 1. The van der Waals surface area contributed by atoms with E-state index in [2.05, 4.69) is 29.5 Å². The maximum Gasteiger partial charge on any atom is 0.321 e. The number of hydrogen-bond acceptors (Lipinski definition) is 4. The SMILES string of the molecule is CCc1csc(NC(=O)NC[C@@H]2CCO[C@H]2C(C)C)n1. The Bertz CT molecular complexity index is 447. The molecule has 0 aliphatic carbocycles. The van der Waals surface area contributed by atoms with Crippen LogP contribution in [0.5, 0.6) is 0 Å². The Kier molecular flexibility index (Phi) is 5.37. The Morgan fingerprint density at radius 1 is 1.60 bits per heavy atom. The summed E-state index contributed by atoms with van der Waals surface area (Å²) in [6.07, 6.45) is 2.15. The van der Waals surface area contributed by atoms with Crippen LogP contribution in [0.15, 0.2) is 5.38 Å². The first-order valence-electron chi connectivity index (χ1n) is 7.21. The lowest BCUT2D eigenvalue weighted by Crippen LogP contribution is -2.37. The van der Waals surface area contributed by atoms with E-state index in [1.165, 1.54) is 11.3 Å². The monoisotopic (exact) mass is 297 g/mol. The maximum absolute atomic E-state index is 11.8. The van der Waals surface area contributed by atoms with E-state index in [1.54, 1.807) is 0 Å². The van der Waals surface area contributed by atoms with Gasteiger partial charge >= 0.3 is 6.03 Å². The highest BCUT2D eigenvalue weighted by molar-refractivity contribution is 7.13. The molecule has 112 valence electrons. The number of rotatable bonds is 5. The van der Waals surface area contributed by atoms with Crippen LogP contribution in [0.1, 0.15) is 32.9 Å². The number of urea groups is 1. The Morgan fingerprint density at radius 3 is 3.05 bits per heavy atom. The molecule has 0 unspecified atom stereocenters. The summed E-state index contributed by atoms with van der Waals surface area (Å²) in [5, 5.41) is 8.33. The molecule has 1 fully saturated rings. The number of nitrogens with one attached hydrogen (secondary N) is 2. The molecule has 2 N–H and O–H groups in total. The third kappa shape index (κ3) is 3.93. The smallest absolute Gasteiger partial charge is 0.321 e. The van der Waals surface area contributed by atoms with Gasteiger partial charge in [-0.15, -0.1) is 11.3 Å². The minimum atomic E-state index is -0.184. The van der Waals surface area contributed by atoms with E-state index in [9.17, 15) is 4.79 Å². The van der Waals surface area contributed by atoms with Crippen molar-refractivity contribution in [2.24, 2.45) is 11.8 Å². The average molecular weight is 297 g/mol. The van der Waals surface area contributed by atoms with Gasteiger partial charge in [0.05, 0.1) is 11.8 Å². The molecule has 2 atom stereocenters. The lowest BCUT2D eigenvalue weighted by atomic mass is 9.93. The van der Waals surface area contributed by atoms with Crippen molar-refractivity contribution in [3.8, 4) is 0 Å². The maximum atomic E-state index is 11.8. The molecule has 1 aliphatic heterocycles. The van der Waals surface area contributed by atoms with Crippen LogP contribution in [-0.2, 0) is 11.2 Å². The molecule has 2 amide bonds. The molecule has 0 aromatic carbocycles. The van der Waals surface area contributed by atoms with Gasteiger partial charge in [-0.25, -0.2) is 9.78 Å².